The van der Waals surface area contributed by atoms with Crippen molar-refractivity contribution in [1.82, 2.24) is 4.90 Å². The minimum atomic E-state index is 0.413. The van der Waals surface area contributed by atoms with Gasteiger partial charge in [0.25, 0.3) is 0 Å². The molecule has 0 aliphatic carbocycles. The molecule has 1 atom stereocenters. The normalized spacial score (nSPS) is 20.6. The van der Waals surface area contributed by atoms with Crippen LogP contribution in [0.3, 0.4) is 0 Å². The maximum atomic E-state index is 2.29. The molecule has 0 saturated carbocycles. The summed E-state index contributed by atoms with van der Waals surface area (Å²) in [5, 5.41) is 0. The van der Waals surface area contributed by atoms with Crippen LogP contribution in [0.5, 0.6) is 0 Å². The first-order valence-electron chi connectivity index (χ1n) is 4.94. The van der Waals surface area contributed by atoms with Crippen molar-refractivity contribution in [1.29, 1.82) is 0 Å². The van der Waals surface area contributed by atoms with E-state index in [-0.39, 0.29) is 0 Å². The van der Waals surface area contributed by atoms with Gasteiger partial charge in [0.05, 0.1) is 0 Å². The molecule has 0 bridgehead atoms. The van der Waals surface area contributed by atoms with Gasteiger partial charge in [-0.1, -0.05) is 18.2 Å². The van der Waals surface area contributed by atoms with Crippen molar-refractivity contribution in [2.45, 2.75) is 20.0 Å². The molecule has 1 aromatic carbocycles. The van der Waals surface area contributed by atoms with Crippen molar-refractivity contribution in [2.24, 2.45) is 0 Å². The van der Waals surface area contributed by atoms with E-state index in [4.69, 9.17) is 0 Å². The number of aryl methyl sites for hydroxylation is 1. The van der Waals surface area contributed by atoms with Gasteiger partial charge < -0.3 is 9.80 Å². The van der Waals surface area contributed by atoms with E-state index in [1.165, 1.54) is 11.3 Å². The van der Waals surface area contributed by atoms with E-state index in [1.54, 1.807) is 0 Å². The molecule has 1 heterocycles. The number of hydrogen-bond acceptors (Lipinski definition) is 2. The Morgan fingerprint density at radius 2 is 1.86 bits per heavy atom. The molecule has 2 nitrogen and oxygen atoms in total. The van der Waals surface area contributed by atoms with Gasteiger partial charge in [-0.25, -0.2) is 0 Å². The van der Waals surface area contributed by atoms with E-state index in [1.807, 2.05) is 0 Å². The maximum Gasteiger partial charge on any atom is 0.102 e. The molecule has 0 spiro atoms. The van der Waals surface area contributed by atoms with E-state index < -0.39 is 0 Å². The third-order valence-electron chi connectivity index (χ3n) is 2.85. The summed E-state index contributed by atoms with van der Waals surface area (Å²) in [6, 6.07) is 8.47. The second kappa shape index (κ2) is 3.37. The monoisotopic (exact) mass is 188 g/mol. The second-order valence-electron chi connectivity index (χ2n) is 3.79. The summed E-state index contributed by atoms with van der Waals surface area (Å²) in [7, 11) is 2.10. The molecule has 0 fully saturated rings. The van der Waals surface area contributed by atoms with Crippen molar-refractivity contribution in [3.05, 3.63) is 42.2 Å². The summed E-state index contributed by atoms with van der Waals surface area (Å²) in [5.74, 6) is 0. The van der Waals surface area contributed by atoms with Gasteiger partial charge in [0.15, 0.2) is 0 Å². The zero-order valence-electron chi connectivity index (χ0n) is 8.94. The molecular formula is C12H16N2. The van der Waals surface area contributed by atoms with Crippen molar-refractivity contribution in [3.63, 3.8) is 0 Å². The standard InChI is InChI=1S/C12H16N2/c1-10-6-4-5-7-12(10)14-9-8-13(3)11(14)2/h4-9,11H,1-3H3/t11-/m1/s1. The average Bonchev–Trinajstić information content (AvgIpc) is 2.49. The lowest BCUT2D eigenvalue weighted by Crippen LogP contribution is -2.33. The summed E-state index contributed by atoms with van der Waals surface area (Å²) in [6.07, 6.45) is 4.65. The molecule has 1 aliphatic heterocycles. The minimum Gasteiger partial charge on any atom is -0.359 e. The number of rotatable bonds is 1. The first-order chi connectivity index (χ1) is 6.70. The molecule has 74 valence electrons. The lowest BCUT2D eigenvalue weighted by atomic mass is 10.2. The SMILES string of the molecule is Cc1ccccc1N1C=CN(C)[C@H]1C. The van der Waals surface area contributed by atoms with Crippen LogP contribution in [0.2, 0.25) is 0 Å². The third kappa shape index (κ3) is 1.37. The fourth-order valence-electron chi connectivity index (χ4n) is 1.76. The molecule has 0 N–H and O–H groups in total. The molecule has 0 aromatic heterocycles. The van der Waals surface area contributed by atoms with Crippen LogP contribution in [-0.2, 0) is 0 Å². The molecular weight excluding hydrogens is 172 g/mol. The molecule has 1 aromatic rings. The summed E-state index contributed by atoms with van der Waals surface area (Å²) in [6.45, 7) is 4.35. The lowest BCUT2D eigenvalue weighted by molar-refractivity contribution is 0.383. The van der Waals surface area contributed by atoms with Gasteiger partial charge in [0, 0.05) is 25.1 Å². The zero-order chi connectivity index (χ0) is 10.1. The van der Waals surface area contributed by atoms with Crippen LogP contribution in [0, 0.1) is 6.92 Å². The summed E-state index contributed by atoms with van der Waals surface area (Å²) in [4.78, 5) is 4.49. The first kappa shape index (κ1) is 9.13. The van der Waals surface area contributed by atoms with Crippen LogP contribution in [0.1, 0.15) is 12.5 Å². The number of nitrogens with zero attached hydrogens (tertiary/aromatic N) is 2. The number of para-hydroxylation sites is 1. The van der Waals surface area contributed by atoms with Crippen LogP contribution in [-0.4, -0.2) is 18.1 Å². The van der Waals surface area contributed by atoms with Crippen LogP contribution in [0.4, 0.5) is 5.69 Å². The highest BCUT2D eigenvalue weighted by Crippen LogP contribution is 2.26. The van der Waals surface area contributed by atoms with Crippen molar-refractivity contribution in [2.75, 3.05) is 11.9 Å². The predicted molar refractivity (Wildman–Crippen MR) is 60.0 cm³/mol. The van der Waals surface area contributed by atoms with Gasteiger partial charge in [-0.15, -0.1) is 0 Å². The van der Waals surface area contributed by atoms with Gasteiger partial charge in [-0.3, -0.25) is 0 Å². The quantitative estimate of drug-likeness (QED) is 0.668. The predicted octanol–water partition coefficient (Wildman–Crippen LogP) is 2.56. The minimum absolute atomic E-state index is 0.413. The molecule has 0 amide bonds. The zero-order valence-corrected chi connectivity index (χ0v) is 8.94. The summed E-state index contributed by atoms with van der Waals surface area (Å²) < 4.78 is 0. The van der Waals surface area contributed by atoms with Gasteiger partial charge in [-0.05, 0) is 25.5 Å². The van der Waals surface area contributed by atoms with E-state index in [2.05, 4.69) is 67.4 Å². The Labute approximate surface area is 85.4 Å². The Bertz CT molecular complexity index is 357. The molecule has 2 heteroatoms. The molecule has 0 unspecified atom stereocenters. The molecule has 2 rings (SSSR count). The molecule has 0 saturated heterocycles. The smallest absolute Gasteiger partial charge is 0.102 e. The molecule has 14 heavy (non-hydrogen) atoms. The van der Waals surface area contributed by atoms with E-state index in [0.29, 0.717) is 6.17 Å². The van der Waals surface area contributed by atoms with Crippen LogP contribution < -0.4 is 4.90 Å². The highest BCUT2D eigenvalue weighted by Gasteiger charge is 2.20. The Morgan fingerprint density at radius 3 is 2.43 bits per heavy atom. The van der Waals surface area contributed by atoms with Crippen LogP contribution in [0.25, 0.3) is 0 Å². The first-order valence-corrected chi connectivity index (χ1v) is 4.94. The van der Waals surface area contributed by atoms with Crippen molar-refractivity contribution in [3.8, 4) is 0 Å². The number of benzene rings is 1. The maximum absolute atomic E-state index is 2.29. The summed E-state index contributed by atoms with van der Waals surface area (Å²) in [5.41, 5.74) is 2.61. The van der Waals surface area contributed by atoms with E-state index in [0.717, 1.165) is 0 Å². The van der Waals surface area contributed by atoms with Gasteiger partial charge >= 0.3 is 0 Å². The fourth-order valence-corrected chi connectivity index (χ4v) is 1.76. The largest absolute Gasteiger partial charge is 0.359 e. The van der Waals surface area contributed by atoms with E-state index in [9.17, 15) is 0 Å². The Morgan fingerprint density at radius 1 is 1.14 bits per heavy atom. The van der Waals surface area contributed by atoms with Gasteiger partial charge in [0.1, 0.15) is 6.17 Å². The third-order valence-corrected chi connectivity index (χ3v) is 2.85. The fraction of sp³-hybridized carbons (Fsp3) is 0.333. The topological polar surface area (TPSA) is 6.48 Å². The van der Waals surface area contributed by atoms with Crippen LogP contribution in [0.15, 0.2) is 36.7 Å². The second-order valence-corrected chi connectivity index (χ2v) is 3.79. The number of hydrogen-bond donors (Lipinski definition) is 0. The Balaban J connectivity index is 2.33. The van der Waals surface area contributed by atoms with E-state index >= 15 is 0 Å². The van der Waals surface area contributed by atoms with Gasteiger partial charge in [-0.2, -0.15) is 0 Å². The van der Waals surface area contributed by atoms with Gasteiger partial charge in [0.2, 0.25) is 0 Å². The van der Waals surface area contributed by atoms with Crippen LogP contribution >= 0.6 is 0 Å². The Hall–Kier alpha value is -1.44. The highest BCUT2D eigenvalue weighted by atomic mass is 15.4. The highest BCUT2D eigenvalue weighted by molar-refractivity contribution is 5.56. The summed E-state index contributed by atoms with van der Waals surface area (Å²) >= 11 is 0. The van der Waals surface area contributed by atoms with Crippen molar-refractivity contribution < 1.29 is 0 Å². The average molecular weight is 188 g/mol. The lowest BCUT2D eigenvalue weighted by Gasteiger charge is -2.28. The van der Waals surface area contributed by atoms with Crippen molar-refractivity contribution >= 4 is 5.69 Å². The Kier molecular flexibility index (Phi) is 2.20. The molecule has 0 radical (unpaired) electrons. The molecule has 1 aliphatic rings. The number of anilines is 1.